The van der Waals surface area contributed by atoms with Crippen LogP contribution in [0, 0.1) is 0 Å². The van der Waals surface area contributed by atoms with E-state index in [4.69, 9.17) is 9.26 Å². The Kier molecular flexibility index (Phi) is 5.43. The number of nitrogens with zero attached hydrogens (tertiary/aromatic N) is 4. The summed E-state index contributed by atoms with van der Waals surface area (Å²) in [5.74, 6) is 1.03. The molecule has 0 saturated carbocycles. The van der Waals surface area contributed by atoms with Gasteiger partial charge in [0, 0.05) is 43.6 Å². The van der Waals surface area contributed by atoms with Crippen molar-refractivity contribution in [3.05, 3.63) is 66.3 Å². The van der Waals surface area contributed by atoms with Gasteiger partial charge in [-0.25, -0.2) is 0 Å². The van der Waals surface area contributed by atoms with Gasteiger partial charge in [-0.15, -0.1) is 0 Å². The second-order valence-corrected chi connectivity index (χ2v) is 6.76. The SMILES string of the molecule is CCOCC(=O)N1C[C@@H](c2cccnc2)[C@H](c2nc(-c3ccccc3)no2)C1. The third-order valence-electron chi connectivity index (χ3n) is 5.01. The maximum atomic E-state index is 12.5. The Labute approximate surface area is 163 Å². The largest absolute Gasteiger partial charge is 0.372 e. The maximum absolute atomic E-state index is 12.5. The number of hydrogen-bond acceptors (Lipinski definition) is 6. The van der Waals surface area contributed by atoms with E-state index in [0.29, 0.717) is 31.4 Å². The van der Waals surface area contributed by atoms with Crippen molar-refractivity contribution in [1.29, 1.82) is 0 Å². The van der Waals surface area contributed by atoms with Crippen LogP contribution >= 0.6 is 0 Å². The normalized spacial score (nSPS) is 19.1. The Hall–Kier alpha value is -3.06. The van der Waals surface area contributed by atoms with Gasteiger partial charge in [0.1, 0.15) is 6.61 Å². The molecule has 1 aliphatic heterocycles. The molecule has 0 aliphatic carbocycles. The molecular weight excluding hydrogens is 356 g/mol. The highest BCUT2D eigenvalue weighted by atomic mass is 16.5. The zero-order chi connectivity index (χ0) is 19.3. The number of ether oxygens (including phenoxy) is 1. The topological polar surface area (TPSA) is 81.4 Å². The lowest BCUT2D eigenvalue weighted by Crippen LogP contribution is -2.32. The summed E-state index contributed by atoms with van der Waals surface area (Å²) in [6.45, 7) is 3.57. The lowest BCUT2D eigenvalue weighted by atomic mass is 9.90. The van der Waals surface area contributed by atoms with Crippen molar-refractivity contribution in [2.24, 2.45) is 0 Å². The van der Waals surface area contributed by atoms with E-state index in [9.17, 15) is 4.79 Å². The molecule has 1 fully saturated rings. The van der Waals surface area contributed by atoms with Gasteiger partial charge in [-0.1, -0.05) is 41.6 Å². The molecule has 1 amide bonds. The van der Waals surface area contributed by atoms with Crippen LogP contribution in [0.4, 0.5) is 0 Å². The fourth-order valence-corrected chi connectivity index (χ4v) is 3.56. The highest BCUT2D eigenvalue weighted by Crippen LogP contribution is 2.39. The van der Waals surface area contributed by atoms with Crippen molar-refractivity contribution in [3.8, 4) is 11.4 Å². The Bertz CT molecular complexity index is 914. The minimum atomic E-state index is -0.0836. The summed E-state index contributed by atoms with van der Waals surface area (Å²) in [7, 11) is 0. The lowest BCUT2D eigenvalue weighted by molar-refractivity contribution is -0.135. The molecule has 0 N–H and O–H groups in total. The smallest absolute Gasteiger partial charge is 0.248 e. The summed E-state index contributed by atoms with van der Waals surface area (Å²) in [6, 6.07) is 13.6. The molecular formula is C21H22N4O3. The number of amides is 1. The van der Waals surface area contributed by atoms with Gasteiger partial charge in [0.05, 0.1) is 5.92 Å². The molecule has 0 spiro atoms. The molecule has 0 unspecified atom stereocenters. The van der Waals surface area contributed by atoms with Crippen LogP contribution < -0.4 is 0 Å². The average molecular weight is 378 g/mol. The minimum absolute atomic E-state index is 0.0268. The van der Waals surface area contributed by atoms with Crippen LogP contribution in [0.2, 0.25) is 0 Å². The van der Waals surface area contributed by atoms with Crippen molar-refractivity contribution in [3.63, 3.8) is 0 Å². The van der Waals surface area contributed by atoms with Gasteiger partial charge in [-0.2, -0.15) is 4.98 Å². The summed E-state index contributed by atoms with van der Waals surface area (Å²) >= 11 is 0. The number of pyridine rings is 1. The van der Waals surface area contributed by atoms with Crippen LogP contribution in [0.5, 0.6) is 0 Å². The number of carbonyl (C=O) groups excluding carboxylic acids is 1. The van der Waals surface area contributed by atoms with Gasteiger partial charge in [-0.3, -0.25) is 9.78 Å². The van der Waals surface area contributed by atoms with E-state index in [1.54, 1.807) is 6.20 Å². The van der Waals surface area contributed by atoms with E-state index in [2.05, 4.69) is 15.1 Å². The number of benzene rings is 1. The summed E-state index contributed by atoms with van der Waals surface area (Å²) < 4.78 is 10.9. The van der Waals surface area contributed by atoms with Gasteiger partial charge in [0.15, 0.2) is 0 Å². The van der Waals surface area contributed by atoms with Crippen LogP contribution in [0.15, 0.2) is 59.4 Å². The molecule has 4 rings (SSSR count). The molecule has 1 aromatic carbocycles. The van der Waals surface area contributed by atoms with Crippen LogP contribution in [-0.4, -0.2) is 52.2 Å². The van der Waals surface area contributed by atoms with Gasteiger partial charge in [-0.05, 0) is 18.6 Å². The molecule has 144 valence electrons. The van der Waals surface area contributed by atoms with E-state index in [1.807, 2.05) is 60.5 Å². The van der Waals surface area contributed by atoms with Gasteiger partial charge < -0.3 is 14.2 Å². The third kappa shape index (κ3) is 3.80. The van der Waals surface area contributed by atoms with Gasteiger partial charge >= 0.3 is 0 Å². The zero-order valence-electron chi connectivity index (χ0n) is 15.7. The molecule has 7 nitrogen and oxygen atoms in total. The minimum Gasteiger partial charge on any atom is -0.372 e. The van der Waals surface area contributed by atoms with Crippen molar-refractivity contribution in [2.45, 2.75) is 18.8 Å². The lowest BCUT2D eigenvalue weighted by Gasteiger charge is -2.16. The Balaban J connectivity index is 1.61. The molecule has 2 aromatic heterocycles. The summed E-state index contributed by atoms with van der Waals surface area (Å²) in [5, 5.41) is 4.15. The summed E-state index contributed by atoms with van der Waals surface area (Å²) in [5.41, 5.74) is 1.95. The predicted octanol–water partition coefficient (Wildman–Crippen LogP) is 2.88. The second-order valence-electron chi connectivity index (χ2n) is 6.76. The van der Waals surface area contributed by atoms with Crippen molar-refractivity contribution in [1.82, 2.24) is 20.0 Å². The zero-order valence-corrected chi connectivity index (χ0v) is 15.7. The number of carbonyl (C=O) groups is 1. The molecule has 1 saturated heterocycles. The maximum Gasteiger partial charge on any atom is 0.248 e. The molecule has 3 aromatic rings. The first-order valence-electron chi connectivity index (χ1n) is 9.40. The number of hydrogen-bond donors (Lipinski definition) is 0. The van der Waals surface area contributed by atoms with Crippen LogP contribution in [0.25, 0.3) is 11.4 Å². The Morgan fingerprint density at radius 1 is 1.18 bits per heavy atom. The third-order valence-corrected chi connectivity index (χ3v) is 5.01. The molecule has 1 aliphatic rings. The van der Waals surface area contributed by atoms with Crippen molar-refractivity contribution in [2.75, 3.05) is 26.3 Å². The van der Waals surface area contributed by atoms with E-state index in [0.717, 1.165) is 11.1 Å². The van der Waals surface area contributed by atoms with Crippen LogP contribution in [-0.2, 0) is 9.53 Å². The first-order chi connectivity index (χ1) is 13.8. The van der Waals surface area contributed by atoms with Crippen LogP contribution in [0.3, 0.4) is 0 Å². The first kappa shape index (κ1) is 18.3. The summed E-state index contributed by atoms with van der Waals surface area (Å²) in [6.07, 6.45) is 3.58. The van der Waals surface area contributed by atoms with Crippen LogP contribution in [0.1, 0.15) is 30.2 Å². The number of rotatable bonds is 6. The van der Waals surface area contributed by atoms with Crippen molar-refractivity contribution < 1.29 is 14.1 Å². The molecule has 0 bridgehead atoms. The molecule has 2 atom stereocenters. The quantitative estimate of drug-likeness (QED) is 0.656. The van der Waals surface area contributed by atoms with Gasteiger partial charge in [0.2, 0.25) is 17.6 Å². The first-order valence-corrected chi connectivity index (χ1v) is 9.40. The van der Waals surface area contributed by atoms with Gasteiger partial charge in [0.25, 0.3) is 0 Å². The van der Waals surface area contributed by atoms with E-state index in [-0.39, 0.29) is 24.3 Å². The monoisotopic (exact) mass is 378 g/mol. The molecule has 28 heavy (non-hydrogen) atoms. The van der Waals surface area contributed by atoms with E-state index >= 15 is 0 Å². The average Bonchev–Trinajstić information content (AvgIpc) is 3.41. The highest BCUT2D eigenvalue weighted by molar-refractivity contribution is 5.78. The molecule has 0 radical (unpaired) electrons. The number of likely N-dealkylation sites (tertiary alicyclic amines) is 1. The second kappa shape index (κ2) is 8.31. The molecule has 3 heterocycles. The van der Waals surface area contributed by atoms with E-state index < -0.39 is 0 Å². The summed E-state index contributed by atoms with van der Waals surface area (Å²) in [4.78, 5) is 23.2. The standard InChI is InChI=1S/C21H22N4O3/c1-2-27-14-19(26)25-12-17(16-9-6-10-22-11-16)18(13-25)21-23-20(24-28-21)15-7-4-3-5-8-15/h3-11,17-18H,2,12-14H2,1H3/t17-,18+/m0/s1. The highest BCUT2D eigenvalue weighted by Gasteiger charge is 2.40. The fourth-order valence-electron chi connectivity index (χ4n) is 3.56. The Morgan fingerprint density at radius 2 is 2.00 bits per heavy atom. The van der Waals surface area contributed by atoms with Crippen molar-refractivity contribution >= 4 is 5.91 Å². The predicted molar refractivity (Wildman–Crippen MR) is 103 cm³/mol. The van der Waals surface area contributed by atoms with E-state index in [1.165, 1.54) is 0 Å². The fraction of sp³-hybridized carbons (Fsp3) is 0.333. The Morgan fingerprint density at radius 3 is 2.75 bits per heavy atom. The number of aromatic nitrogens is 3. The molecule has 7 heteroatoms.